The van der Waals surface area contributed by atoms with E-state index < -0.39 is 27.7 Å². The Hall–Kier alpha value is -2.17. The molecular weight excluding hydrogens is 290 g/mol. The highest BCUT2D eigenvalue weighted by molar-refractivity contribution is 7.92. The highest BCUT2D eigenvalue weighted by Crippen LogP contribution is 2.22. The fourth-order valence-electron chi connectivity index (χ4n) is 1.57. The van der Waals surface area contributed by atoms with Crippen molar-refractivity contribution in [3.63, 3.8) is 0 Å². The predicted octanol–water partition coefficient (Wildman–Crippen LogP) is -0.589. The molecule has 0 fully saturated rings. The van der Waals surface area contributed by atoms with Crippen LogP contribution in [0, 0.1) is 0 Å². The second-order valence-electron chi connectivity index (χ2n) is 3.82. The van der Waals surface area contributed by atoms with Crippen molar-refractivity contribution < 1.29 is 28.5 Å². The smallest absolute Gasteiger partial charge is 0.322 e. The average Bonchev–Trinajstić information content (AvgIpc) is 2.79. The van der Waals surface area contributed by atoms with Crippen molar-refractivity contribution in [3.8, 4) is 0 Å². The molecule has 0 spiro atoms. The predicted molar refractivity (Wildman–Crippen MR) is 65.2 cm³/mol. The average molecular weight is 301 g/mol. The molecule has 1 aromatic carbocycles. The minimum absolute atomic E-state index is 0.0481. The second-order valence-corrected chi connectivity index (χ2v) is 5.83. The summed E-state index contributed by atoms with van der Waals surface area (Å²) in [4.78, 5) is 14.8. The van der Waals surface area contributed by atoms with Crippen LogP contribution in [0.5, 0.6) is 0 Å². The molecule has 20 heavy (non-hydrogen) atoms. The standard InChI is InChI=1S/C10H11N3O6S/c14-8(15)6-11-9-10(13(16)19-12-9)20(17,18)7-4-2-1-3-5-7/h1-5,10,16H,6H2,(H,11,12)(H,14,15). The van der Waals surface area contributed by atoms with Gasteiger partial charge < -0.3 is 10.4 Å². The molecule has 0 aromatic heterocycles. The van der Waals surface area contributed by atoms with Crippen molar-refractivity contribution in [2.24, 2.45) is 5.16 Å². The van der Waals surface area contributed by atoms with Gasteiger partial charge in [0.05, 0.1) is 4.90 Å². The van der Waals surface area contributed by atoms with Gasteiger partial charge >= 0.3 is 5.97 Å². The summed E-state index contributed by atoms with van der Waals surface area (Å²) in [6.07, 6.45) is 0. The number of sulfone groups is 1. The lowest BCUT2D eigenvalue weighted by atomic mass is 10.4. The zero-order chi connectivity index (χ0) is 14.8. The summed E-state index contributed by atoms with van der Waals surface area (Å²) >= 11 is 0. The van der Waals surface area contributed by atoms with Gasteiger partial charge in [-0.15, -0.1) is 0 Å². The lowest BCUT2D eigenvalue weighted by Crippen LogP contribution is -2.46. The van der Waals surface area contributed by atoms with E-state index in [1.54, 1.807) is 6.07 Å². The Labute approximate surface area is 113 Å². The zero-order valence-corrected chi connectivity index (χ0v) is 10.8. The molecule has 1 aromatic rings. The van der Waals surface area contributed by atoms with Crippen LogP contribution in [0.4, 0.5) is 0 Å². The number of hydrogen-bond acceptors (Lipinski definition) is 8. The summed E-state index contributed by atoms with van der Waals surface area (Å²) in [5, 5.41) is 22.0. The number of hydrogen-bond donors (Lipinski definition) is 3. The molecule has 0 amide bonds. The highest BCUT2D eigenvalue weighted by atomic mass is 32.2. The fourth-order valence-corrected chi connectivity index (χ4v) is 3.06. The van der Waals surface area contributed by atoms with Crippen molar-refractivity contribution in [2.45, 2.75) is 10.3 Å². The van der Waals surface area contributed by atoms with E-state index in [9.17, 15) is 18.4 Å². The van der Waals surface area contributed by atoms with Crippen LogP contribution in [0.3, 0.4) is 0 Å². The molecule has 1 heterocycles. The van der Waals surface area contributed by atoms with Crippen LogP contribution >= 0.6 is 0 Å². The first-order valence-corrected chi connectivity index (χ1v) is 6.95. The first-order valence-electron chi connectivity index (χ1n) is 5.40. The van der Waals surface area contributed by atoms with Gasteiger partial charge in [0.2, 0.25) is 15.2 Å². The summed E-state index contributed by atoms with van der Waals surface area (Å²) in [6, 6.07) is 7.36. The molecule has 2 rings (SSSR count). The van der Waals surface area contributed by atoms with Crippen LogP contribution in [0.15, 0.2) is 40.4 Å². The number of benzene rings is 1. The summed E-state index contributed by atoms with van der Waals surface area (Å²) < 4.78 is 24.7. The van der Waals surface area contributed by atoms with Gasteiger partial charge in [0, 0.05) is 5.23 Å². The number of amidine groups is 1. The monoisotopic (exact) mass is 301 g/mol. The number of carbonyl (C=O) groups is 1. The Morgan fingerprint density at radius 1 is 1.40 bits per heavy atom. The zero-order valence-electron chi connectivity index (χ0n) is 10.0. The molecule has 0 saturated heterocycles. The van der Waals surface area contributed by atoms with Gasteiger partial charge in [0.1, 0.15) is 6.54 Å². The number of carboxylic acids is 1. The van der Waals surface area contributed by atoms with Crippen molar-refractivity contribution in [1.82, 2.24) is 10.5 Å². The van der Waals surface area contributed by atoms with Gasteiger partial charge in [-0.1, -0.05) is 18.2 Å². The topological polar surface area (TPSA) is 129 Å². The van der Waals surface area contributed by atoms with Crippen LogP contribution in [0.2, 0.25) is 0 Å². The highest BCUT2D eigenvalue weighted by Gasteiger charge is 2.43. The molecule has 0 saturated carbocycles. The third-order valence-corrected chi connectivity index (χ3v) is 4.36. The minimum atomic E-state index is -4.02. The first kappa shape index (κ1) is 14.2. The van der Waals surface area contributed by atoms with E-state index in [0.717, 1.165) is 0 Å². The fraction of sp³-hybridized carbons (Fsp3) is 0.200. The normalized spacial score (nSPS) is 19.2. The Balaban J connectivity index is 2.29. The van der Waals surface area contributed by atoms with Crippen LogP contribution < -0.4 is 5.32 Å². The first-order chi connectivity index (χ1) is 9.43. The summed E-state index contributed by atoms with van der Waals surface area (Å²) in [5.41, 5.74) is 0. The summed E-state index contributed by atoms with van der Waals surface area (Å²) in [5.74, 6) is -1.52. The molecule has 1 atom stereocenters. The van der Waals surface area contributed by atoms with E-state index in [0.29, 0.717) is 0 Å². The van der Waals surface area contributed by atoms with Gasteiger partial charge in [-0.3, -0.25) is 14.9 Å². The van der Waals surface area contributed by atoms with E-state index in [2.05, 4.69) is 15.4 Å². The molecular formula is C10H11N3O6S. The number of nitrogens with one attached hydrogen (secondary N) is 1. The van der Waals surface area contributed by atoms with E-state index in [-0.39, 0.29) is 16.0 Å². The third-order valence-electron chi connectivity index (χ3n) is 2.44. The van der Waals surface area contributed by atoms with Crippen molar-refractivity contribution in [3.05, 3.63) is 30.3 Å². The Morgan fingerprint density at radius 3 is 2.65 bits per heavy atom. The van der Waals surface area contributed by atoms with E-state index in [4.69, 9.17) is 5.11 Å². The molecule has 0 bridgehead atoms. The molecule has 1 unspecified atom stereocenters. The molecule has 1 aliphatic rings. The molecule has 10 heteroatoms. The molecule has 9 nitrogen and oxygen atoms in total. The van der Waals surface area contributed by atoms with E-state index in [1.165, 1.54) is 24.3 Å². The number of hydroxylamine groups is 2. The number of aliphatic carboxylic acids is 1. The summed E-state index contributed by atoms with van der Waals surface area (Å²) in [6.45, 7) is -0.559. The van der Waals surface area contributed by atoms with Crippen LogP contribution in [-0.4, -0.2) is 47.7 Å². The van der Waals surface area contributed by atoms with Gasteiger partial charge in [-0.05, 0) is 17.3 Å². The van der Waals surface area contributed by atoms with Crippen molar-refractivity contribution >= 4 is 21.6 Å². The van der Waals surface area contributed by atoms with Crippen molar-refractivity contribution in [2.75, 3.05) is 6.54 Å². The molecule has 1 aliphatic heterocycles. The SMILES string of the molecule is O=C(O)CNC1=NON(O)C1S(=O)(=O)c1ccccc1. The van der Waals surface area contributed by atoms with E-state index >= 15 is 0 Å². The molecule has 108 valence electrons. The van der Waals surface area contributed by atoms with Crippen LogP contribution in [0.1, 0.15) is 0 Å². The van der Waals surface area contributed by atoms with Gasteiger partial charge in [-0.2, -0.15) is 0 Å². The van der Waals surface area contributed by atoms with Gasteiger partial charge in [0.15, 0.2) is 5.84 Å². The van der Waals surface area contributed by atoms with Crippen LogP contribution in [-0.2, 0) is 19.6 Å². The lowest BCUT2D eigenvalue weighted by molar-refractivity contribution is -0.327. The number of rotatable bonds is 4. The Morgan fingerprint density at radius 2 is 2.05 bits per heavy atom. The van der Waals surface area contributed by atoms with Crippen LogP contribution in [0.25, 0.3) is 0 Å². The van der Waals surface area contributed by atoms with Gasteiger partial charge in [-0.25, -0.2) is 8.42 Å². The quantitative estimate of drug-likeness (QED) is 0.673. The minimum Gasteiger partial charge on any atom is -0.480 e. The second kappa shape index (κ2) is 5.45. The third kappa shape index (κ3) is 2.71. The molecule has 0 aliphatic carbocycles. The molecule has 0 radical (unpaired) electrons. The van der Waals surface area contributed by atoms with Gasteiger partial charge in [0.25, 0.3) is 0 Å². The maximum Gasteiger partial charge on any atom is 0.322 e. The molecule has 3 N–H and O–H groups in total. The maximum atomic E-state index is 12.4. The lowest BCUT2D eigenvalue weighted by Gasteiger charge is -2.16. The van der Waals surface area contributed by atoms with E-state index in [1.807, 2.05) is 0 Å². The van der Waals surface area contributed by atoms with Crippen molar-refractivity contribution in [1.29, 1.82) is 0 Å². The Kier molecular flexibility index (Phi) is 3.88. The number of nitrogens with zero attached hydrogens (tertiary/aromatic N) is 2. The number of oxime groups is 1. The maximum absolute atomic E-state index is 12.4. The Bertz CT molecular complexity index is 630. The number of carboxylic acid groups (broad SMARTS) is 1. The summed E-state index contributed by atoms with van der Waals surface area (Å²) in [7, 11) is -4.02. The largest absolute Gasteiger partial charge is 0.480 e.